The van der Waals surface area contributed by atoms with E-state index in [1.807, 2.05) is 6.07 Å². The average Bonchev–Trinajstić information content (AvgIpc) is 3.13. The van der Waals surface area contributed by atoms with E-state index in [1.165, 1.54) is 12.4 Å². The Morgan fingerprint density at radius 1 is 1.12 bits per heavy atom. The summed E-state index contributed by atoms with van der Waals surface area (Å²) in [6, 6.07) is 5.86. The SMILES string of the molecule is O=C(NC1CCC(Oc2ncc(Cl)cn2)CC1)c1ccc2nsnc2c1. The topological polar surface area (TPSA) is 89.9 Å². The van der Waals surface area contributed by atoms with Crippen molar-refractivity contribution < 1.29 is 9.53 Å². The molecule has 26 heavy (non-hydrogen) atoms. The van der Waals surface area contributed by atoms with Gasteiger partial charge in [-0.2, -0.15) is 8.75 Å². The van der Waals surface area contributed by atoms with Gasteiger partial charge in [-0.3, -0.25) is 4.79 Å². The van der Waals surface area contributed by atoms with Gasteiger partial charge in [-0.25, -0.2) is 9.97 Å². The Balaban J connectivity index is 1.30. The summed E-state index contributed by atoms with van der Waals surface area (Å²) in [7, 11) is 0. The van der Waals surface area contributed by atoms with E-state index in [-0.39, 0.29) is 18.1 Å². The summed E-state index contributed by atoms with van der Waals surface area (Å²) < 4.78 is 14.1. The van der Waals surface area contributed by atoms with E-state index in [2.05, 4.69) is 24.0 Å². The smallest absolute Gasteiger partial charge is 0.316 e. The molecule has 0 bridgehead atoms. The molecule has 1 saturated carbocycles. The van der Waals surface area contributed by atoms with Crippen molar-refractivity contribution in [2.24, 2.45) is 0 Å². The third-order valence-electron chi connectivity index (χ3n) is 4.39. The van der Waals surface area contributed by atoms with Crippen molar-refractivity contribution in [2.45, 2.75) is 37.8 Å². The van der Waals surface area contributed by atoms with Gasteiger partial charge in [0, 0.05) is 11.6 Å². The Kier molecular flexibility index (Phi) is 4.94. The Morgan fingerprint density at radius 2 is 1.85 bits per heavy atom. The third-order valence-corrected chi connectivity index (χ3v) is 5.15. The highest BCUT2D eigenvalue weighted by Crippen LogP contribution is 2.23. The monoisotopic (exact) mass is 389 g/mol. The van der Waals surface area contributed by atoms with E-state index in [4.69, 9.17) is 16.3 Å². The number of nitrogens with zero attached hydrogens (tertiary/aromatic N) is 4. The molecule has 1 amide bonds. The summed E-state index contributed by atoms with van der Waals surface area (Å²) in [6.07, 6.45) is 6.48. The van der Waals surface area contributed by atoms with Gasteiger partial charge in [0.1, 0.15) is 17.1 Å². The second-order valence-electron chi connectivity index (χ2n) is 6.22. The zero-order valence-electron chi connectivity index (χ0n) is 13.8. The van der Waals surface area contributed by atoms with Gasteiger partial charge in [-0.15, -0.1) is 0 Å². The molecule has 0 saturated heterocycles. The molecule has 7 nitrogen and oxygen atoms in total. The molecule has 1 aromatic carbocycles. The number of rotatable bonds is 4. The second kappa shape index (κ2) is 7.51. The minimum atomic E-state index is -0.0784. The molecule has 0 spiro atoms. The first-order valence-corrected chi connectivity index (χ1v) is 9.45. The van der Waals surface area contributed by atoms with Crippen molar-refractivity contribution in [1.82, 2.24) is 24.0 Å². The number of halogens is 1. The van der Waals surface area contributed by atoms with Crippen LogP contribution in [-0.4, -0.2) is 36.8 Å². The van der Waals surface area contributed by atoms with E-state index >= 15 is 0 Å². The first kappa shape index (κ1) is 17.1. The maximum absolute atomic E-state index is 12.5. The van der Waals surface area contributed by atoms with Crippen LogP contribution in [0.1, 0.15) is 36.0 Å². The standard InChI is InChI=1S/C17H16ClN5O2S/c18-11-8-19-17(20-9-11)25-13-4-2-12(3-5-13)21-16(24)10-1-6-14-15(7-10)23-26-22-14/h1,6-9,12-13H,2-5H2,(H,21,24). The quantitative estimate of drug-likeness (QED) is 0.736. The van der Waals surface area contributed by atoms with Crippen LogP contribution in [0.3, 0.4) is 0 Å². The number of nitrogens with one attached hydrogen (secondary N) is 1. The predicted molar refractivity (Wildman–Crippen MR) is 98.6 cm³/mol. The summed E-state index contributed by atoms with van der Waals surface area (Å²) in [5.41, 5.74) is 2.18. The van der Waals surface area contributed by atoms with Crippen molar-refractivity contribution in [3.05, 3.63) is 41.2 Å². The summed E-state index contributed by atoms with van der Waals surface area (Å²) >= 11 is 6.92. The van der Waals surface area contributed by atoms with Crippen LogP contribution in [0.15, 0.2) is 30.6 Å². The molecular weight excluding hydrogens is 374 g/mol. The number of benzene rings is 1. The number of carbonyl (C=O) groups is 1. The normalized spacial score (nSPS) is 20.0. The molecule has 1 N–H and O–H groups in total. The van der Waals surface area contributed by atoms with Crippen molar-refractivity contribution in [1.29, 1.82) is 0 Å². The van der Waals surface area contributed by atoms with E-state index in [0.717, 1.165) is 48.4 Å². The van der Waals surface area contributed by atoms with Crippen LogP contribution >= 0.6 is 23.3 Å². The lowest BCUT2D eigenvalue weighted by atomic mass is 9.92. The van der Waals surface area contributed by atoms with Gasteiger partial charge >= 0.3 is 6.01 Å². The van der Waals surface area contributed by atoms with Crippen LogP contribution in [0.4, 0.5) is 0 Å². The van der Waals surface area contributed by atoms with Crippen molar-refractivity contribution in [3.8, 4) is 6.01 Å². The Labute approximate surface area is 159 Å². The molecule has 3 aromatic rings. The van der Waals surface area contributed by atoms with Crippen molar-refractivity contribution >= 4 is 40.3 Å². The highest BCUT2D eigenvalue weighted by Gasteiger charge is 2.24. The van der Waals surface area contributed by atoms with Gasteiger partial charge in [0.05, 0.1) is 29.1 Å². The lowest BCUT2D eigenvalue weighted by Gasteiger charge is -2.28. The number of ether oxygens (including phenoxy) is 1. The van der Waals surface area contributed by atoms with E-state index in [9.17, 15) is 4.79 Å². The molecule has 1 aliphatic rings. The minimum Gasteiger partial charge on any atom is -0.460 e. The highest BCUT2D eigenvalue weighted by molar-refractivity contribution is 7.00. The van der Waals surface area contributed by atoms with Crippen LogP contribution in [-0.2, 0) is 0 Å². The summed E-state index contributed by atoms with van der Waals surface area (Å²) in [5, 5.41) is 3.58. The Hall–Kier alpha value is -2.32. The predicted octanol–water partition coefficient (Wildman–Crippen LogP) is 3.25. The Bertz CT molecular complexity index is 909. The second-order valence-corrected chi connectivity index (χ2v) is 7.18. The number of carbonyl (C=O) groups excluding carboxylic acids is 1. The largest absolute Gasteiger partial charge is 0.460 e. The van der Waals surface area contributed by atoms with Crippen LogP contribution in [0.2, 0.25) is 5.02 Å². The first-order chi connectivity index (χ1) is 12.7. The molecule has 1 fully saturated rings. The number of hydrogen-bond acceptors (Lipinski definition) is 7. The maximum atomic E-state index is 12.5. The molecule has 0 aliphatic heterocycles. The number of hydrogen-bond donors (Lipinski definition) is 1. The van der Waals surface area contributed by atoms with Crippen LogP contribution < -0.4 is 10.1 Å². The van der Waals surface area contributed by atoms with Gasteiger partial charge in [-0.05, 0) is 43.9 Å². The molecule has 0 unspecified atom stereocenters. The lowest BCUT2D eigenvalue weighted by molar-refractivity contribution is 0.0885. The first-order valence-electron chi connectivity index (χ1n) is 8.35. The number of fused-ring (bicyclic) bond motifs is 1. The summed E-state index contributed by atoms with van der Waals surface area (Å²) in [4.78, 5) is 20.6. The fourth-order valence-corrected chi connectivity index (χ4v) is 3.64. The van der Waals surface area contributed by atoms with Gasteiger partial charge in [0.15, 0.2) is 0 Å². The molecule has 2 heterocycles. The van der Waals surface area contributed by atoms with E-state index in [0.29, 0.717) is 16.6 Å². The van der Waals surface area contributed by atoms with Gasteiger partial charge < -0.3 is 10.1 Å². The average molecular weight is 390 g/mol. The van der Waals surface area contributed by atoms with Gasteiger partial charge in [0.25, 0.3) is 5.91 Å². The van der Waals surface area contributed by atoms with Crippen LogP contribution in [0.5, 0.6) is 6.01 Å². The summed E-state index contributed by atoms with van der Waals surface area (Å²) in [5.74, 6) is -0.0784. The van der Waals surface area contributed by atoms with Crippen molar-refractivity contribution in [3.63, 3.8) is 0 Å². The zero-order chi connectivity index (χ0) is 17.9. The zero-order valence-corrected chi connectivity index (χ0v) is 15.3. The molecule has 0 atom stereocenters. The Morgan fingerprint density at radius 3 is 2.62 bits per heavy atom. The molecular formula is C17H16ClN5O2S. The number of aromatic nitrogens is 4. The summed E-state index contributed by atoms with van der Waals surface area (Å²) in [6.45, 7) is 0. The van der Waals surface area contributed by atoms with E-state index in [1.54, 1.807) is 12.1 Å². The molecule has 134 valence electrons. The fourth-order valence-electron chi connectivity index (χ4n) is 3.03. The van der Waals surface area contributed by atoms with E-state index < -0.39 is 0 Å². The lowest BCUT2D eigenvalue weighted by Crippen LogP contribution is -2.39. The number of amides is 1. The molecule has 9 heteroatoms. The molecule has 2 aromatic heterocycles. The molecule has 1 aliphatic carbocycles. The van der Waals surface area contributed by atoms with Crippen LogP contribution in [0.25, 0.3) is 11.0 Å². The molecule has 0 radical (unpaired) electrons. The fraction of sp³-hybridized carbons (Fsp3) is 0.353. The van der Waals surface area contributed by atoms with Gasteiger partial charge in [0.2, 0.25) is 0 Å². The third kappa shape index (κ3) is 3.91. The van der Waals surface area contributed by atoms with Gasteiger partial charge in [-0.1, -0.05) is 11.6 Å². The van der Waals surface area contributed by atoms with Crippen molar-refractivity contribution in [2.75, 3.05) is 0 Å². The molecule has 4 rings (SSSR count). The minimum absolute atomic E-state index is 0.0572. The highest BCUT2D eigenvalue weighted by atomic mass is 35.5. The maximum Gasteiger partial charge on any atom is 0.316 e. The van der Waals surface area contributed by atoms with Crippen LogP contribution in [0, 0.1) is 0 Å².